The molecule has 0 unspecified atom stereocenters. The maximum atomic E-state index is 12.6. The molecule has 1 aromatic rings. The summed E-state index contributed by atoms with van der Waals surface area (Å²) >= 11 is 0. The fourth-order valence-corrected chi connectivity index (χ4v) is 1.30. The van der Waals surface area contributed by atoms with E-state index < -0.39 is 0 Å². The first kappa shape index (κ1) is 15.9. The molecule has 0 saturated heterocycles. The van der Waals surface area contributed by atoms with Crippen LogP contribution in [-0.4, -0.2) is 38.0 Å². The molecule has 96 valence electrons. The molecular weight excluding hydrogens is 243 g/mol. The highest BCUT2D eigenvalue weighted by molar-refractivity contribution is 5.94. The second-order valence-corrected chi connectivity index (χ2v) is 3.92. The van der Waals surface area contributed by atoms with Gasteiger partial charge >= 0.3 is 0 Å². The SMILES string of the molecule is CN(C)CCCNC(=O)c1ccc(F)cc1.Cl. The van der Waals surface area contributed by atoms with Crippen LogP contribution in [0.15, 0.2) is 24.3 Å². The van der Waals surface area contributed by atoms with Crippen LogP contribution >= 0.6 is 12.4 Å². The third-order valence-corrected chi connectivity index (χ3v) is 2.17. The summed E-state index contributed by atoms with van der Waals surface area (Å²) in [6.45, 7) is 1.57. The van der Waals surface area contributed by atoms with Crippen LogP contribution in [0.1, 0.15) is 16.8 Å². The molecule has 0 aromatic heterocycles. The summed E-state index contributed by atoms with van der Waals surface area (Å²) in [6.07, 6.45) is 0.903. The van der Waals surface area contributed by atoms with Crippen molar-refractivity contribution < 1.29 is 9.18 Å². The Kier molecular flexibility index (Phi) is 7.50. The smallest absolute Gasteiger partial charge is 0.251 e. The van der Waals surface area contributed by atoms with Crippen LogP contribution in [-0.2, 0) is 0 Å². The minimum atomic E-state index is -0.329. The molecule has 5 heteroatoms. The first-order valence-electron chi connectivity index (χ1n) is 5.28. The Bertz CT molecular complexity index is 341. The molecule has 17 heavy (non-hydrogen) atoms. The molecular formula is C12H18ClFN2O. The lowest BCUT2D eigenvalue weighted by Gasteiger charge is -2.09. The summed E-state index contributed by atoms with van der Waals surface area (Å²) in [5.41, 5.74) is 0.492. The van der Waals surface area contributed by atoms with Gasteiger partial charge in [-0.15, -0.1) is 12.4 Å². The Hall–Kier alpha value is -1.13. The minimum Gasteiger partial charge on any atom is -0.352 e. The largest absolute Gasteiger partial charge is 0.352 e. The minimum absolute atomic E-state index is 0. The van der Waals surface area contributed by atoms with Crippen molar-refractivity contribution >= 4 is 18.3 Å². The van der Waals surface area contributed by atoms with Crippen molar-refractivity contribution in [3.63, 3.8) is 0 Å². The van der Waals surface area contributed by atoms with Gasteiger partial charge in [-0.2, -0.15) is 0 Å². The number of hydrogen-bond donors (Lipinski definition) is 1. The van der Waals surface area contributed by atoms with E-state index in [1.54, 1.807) is 0 Å². The van der Waals surface area contributed by atoms with E-state index in [1.807, 2.05) is 14.1 Å². The fourth-order valence-electron chi connectivity index (χ4n) is 1.30. The van der Waals surface area contributed by atoms with Crippen molar-refractivity contribution in [2.45, 2.75) is 6.42 Å². The van der Waals surface area contributed by atoms with Crippen molar-refractivity contribution in [1.82, 2.24) is 10.2 Å². The van der Waals surface area contributed by atoms with Crippen LogP contribution in [0, 0.1) is 5.82 Å². The normalized spacial score (nSPS) is 9.88. The molecule has 0 radical (unpaired) electrons. The van der Waals surface area contributed by atoms with Crippen LogP contribution in [0.25, 0.3) is 0 Å². The molecule has 0 bridgehead atoms. The number of hydrogen-bond acceptors (Lipinski definition) is 2. The lowest BCUT2D eigenvalue weighted by atomic mass is 10.2. The molecule has 1 N–H and O–H groups in total. The second kappa shape index (κ2) is 8.03. The van der Waals surface area contributed by atoms with E-state index in [4.69, 9.17) is 0 Å². The predicted molar refractivity (Wildman–Crippen MR) is 69.2 cm³/mol. The van der Waals surface area contributed by atoms with Crippen LogP contribution in [0.4, 0.5) is 4.39 Å². The van der Waals surface area contributed by atoms with Crippen LogP contribution < -0.4 is 5.32 Å². The van der Waals surface area contributed by atoms with Gasteiger partial charge in [0, 0.05) is 12.1 Å². The van der Waals surface area contributed by atoms with Crippen molar-refractivity contribution in [2.24, 2.45) is 0 Å². The summed E-state index contributed by atoms with van der Waals surface area (Å²) in [7, 11) is 3.98. The molecule has 0 heterocycles. The average molecular weight is 261 g/mol. The highest BCUT2D eigenvalue weighted by Gasteiger charge is 2.04. The van der Waals surface area contributed by atoms with E-state index in [0.29, 0.717) is 12.1 Å². The number of rotatable bonds is 5. The molecule has 1 amide bonds. The van der Waals surface area contributed by atoms with Gasteiger partial charge in [0.1, 0.15) is 5.82 Å². The van der Waals surface area contributed by atoms with Crippen molar-refractivity contribution in [2.75, 3.05) is 27.2 Å². The number of carbonyl (C=O) groups is 1. The molecule has 0 aliphatic heterocycles. The van der Waals surface area contributed by atoms with Crippen molar-refractivity contribution in [1.29, 1.82) is 0 Å². The number of amides is 1. The highest BCUT2D eigenvalue weighted by Crippen LogP contribution is 2.02. The van der Waals surface area contributed by atoms with Crippen molar-refractivity contribution in [3.8, 4) is 0 Å². The summed E-state index contributed by atoms with van der Waals surface area (Å²) < 4.78 is 12.6. The lowest BCUT2D eigenvalue weighted by Crippen LogP contribution is -2.27. The quantitative estimate of drug-likeness (QED) is 0.821. The van der Waals surface area contributed by atoms with Gasteiger partial charge in [0.05, 0.1) is 0 Å². The van der Waals surface area contributed by atoms with E-state index in [0.717, 1.165) is 13.0 Å². The third-order valence-electron chi connectivity index (χ3n) is 2.17. The topological polar surface area (TPSA) is 32.3 Å². The summed E-state index contributed by atoms with van der Waals surface area (Å²) in [4.78, 5) is 13.6. The van der Waals surface area contributed by atoms with Gasteiger partial charge < -0.3 is 10.2 Å². The fraction of sp³-hybridized carbons (Fsp3) is 0.417. The van der Waals surface area contributed by atoms with Gasteiger partial charge in [-0.1, -0.05) is 0 Å². The molecule has 0 aliphatic rings. The summed E-state index contributed by atoms with van der Waals surface area (Å²) in [5.74, 6) is -0.483. The Morgan fingerprint density at radius 2 is 1.88 bits per heavy atom. The number of carbonyl (C=O) groups excluding carboxylic acids is 1. The van der Waals surface area contributed by atoms with Gasteiger partial charge in [0.2, 0.25) is 0 Å². The lowest BCUT2D eigenvalue weighted by molar-refractivity contribution is 0.0952. The average Bonchev–Trinajstić information content (AvgIpc) is 2.25. The molecule has 1 rings (SSSR count). The Morgan fingerprint density at radius 1 is 1.29 bits per heavy atom. The molecule has 0 fully saturated rings. The first-order chi connectivity index (χ1) is 7.59. The molecule has 0 aliphatic carbocycles. The summed E-state index contributed by atoms with van der Waals surface area (Å²) in [5, 5.41) is 2.79. The zero-order valence-electron chi connectivity index (χ0n) is 10.1. The number of halogens is 2. The molecule has 0 atom stereocenters. The Morgan fingerprint density at radius 3 is 2.41 bits per heavy atom. The van der Waals surface area contributed by atoms with Crippen molar-refractivity contribution in [3.05, 3.63) is 35.6 Å². The number of benzene rings is 1. The van der Waals surface area contributed by atoms with Gasteiger partial charge in [0.15, 0.2) is 0 Å². The maximum absolute atomic E-state index is 12.6. The number of nitrogens with zero attached hydrogens (tertiary/aromatic N) is 1. The monoisotopic (exact) mass is 260 g/mol. The first-order valence-corrected chi connectivity index (χ1v) is 5.28. The van der Waals surface area contributed by atoms with E-state index in [1.165, 1.54) is 24.3 Å². The molecule has 3 nitrogen and oxygen atoms in total. The van der Waals surface area contributed by atoms with E-state index in [2.05, 4.69) is 10.2 Å². The predicted octanol–water partition coefficient (Wildman–Crippen LogP) is 1.93. The highest BCUT2D eigenvalue weighted by atomic mass is 35.5. The Balaban J connectivity index is 0.00000256. The van der Waals surface area contributed by atoms with Crippen LogP contribution in [0.5, 0.6) is 0 Å². The van der Waals surface area contributed by atoms with Gasteiger partial charge in [-0.3, -0.25) is 4.79 Å². The maximum Gasteiger partial charge on any atom is 0.251 e. The van der Waals surface area contributed by atoms with E-state index >= 15 is 0 Å². The standard InChI is InChI=1S/C12H17FN2O.ClH/c1-15(2)9-3-8-14-12(16)10-4-6-11(13)7-5-10;/h4-7H,3,8-9H2,1-2H3,(H,14,16);1H. The van der Waals surface area contributed by atoms with Crippen LogP contribution in [0.3, 0.4) is 0 Å². The zero-order chi connectivity index (χ0) is 12.0. The molecule has 0 saturated carbocycles. The number of nitrogens with one attached hydrogen (secondary N) is 1. The van der Waals surface area contributed by atoms with E-state index in [-0.39, 0.29) is 24.1 Å². The van der Waals surface area contributed by atoms with Crippen LogP contribution in [0.2, 0.25) is 0 Å². The van der Waals surface area contributed by atoms with Gasteiger partial charge in [0.25, 0.3) is 5.91 Å². The molecule has 0 spiro atoms. The Labute approximate surface area is 107 Å². The third kappa shape index (κ3) is 6.24. The van der Waals surface area contributed by atoms with Gasteiger partial charge in [-0.25, -0.2) is 4.39 Å². The molecule has 1 aromatic carbocycles. The summed E-state index contributed by atoms with van der Waals surface area (Å²) in [6, 6.07) is 5.54. The second-order valence-electron chi connectivity index (χ2n) is 3.92. The van der Waals surface area contributed by atoms with Gasteiger partial charge in [-0.05, 0) is 51.3 Å². The zero-order valence-corrected chi connectivity index (χ0v) is 10.9. The van der Waals surface area contributed by atoms with E-state index in [9.17, 15) is 9.18 Å².